The maximum absolute atomic E-state index is 5.27. The first-order chi connectivity index (χ1) is 7.26. The Morgan fingerprint density at radius 1 is 1.07 bits per heavy atom. The van der Waals surface area contributed by atoms with Gasteiger partial charge in [0.15, 0.2) is 0 Å². The van der Waals surface area contributed by atoms with Crippen LogP contribution in [0.2, 0.25) is 6.04 Å². The van der Waals surface area contributed by atoms with E-state index in [1.807, 2.05) is 0 Å². The van der Waals surface area contributed by atoms with E-state index in [-0.39, 0.29) is 0 Å². The van der Waals surface area contributed by atoms with Crippen LogP contribution >= 0.6 is 0 Å². The molecule has 0 aliphatic carbocycles. The van der Waals surface area contributed by atoms with Gasteiger partial charge in [0.1, 0.15) is 0 Å². The Labute approximate surface area is 94.1 Å². The Kier molecular flexibility index (Phi) is 5.61. The molecular weight excluding hydrogens is 204 g/mol. The van der Waals surface area contributed by atoms with Gasteiger partial charge in [0.2, 0.25) is 0 Å². The Morgan fingerprint density at radius 3 is 2.20 bits per heavy atom. The molecule has 0 aliphatic rings. The predicted molar refractivity (Wildman–Crippen MR) is 65.5 cm³/mol. The fourth-order valence-electron chi connectivity index (χ4n) is 1.56. The first-order valence-corrected chi connectivity index (χ1v) is 7.13. The van der Waals surface area contributed by atoms with Crippen molar-refractivity contribution in [2.24, 2.45) is 0 Å². The van der Waals surface area contributed by atoms with Gasteiger partial charge in [-0.3, -0.25) is 0 Å². The Hall–Kier alpha value is -0.643. The van der Waals surface area contributed by atoms with Gasteiger partial charge in [0, 0.05) is 14.2 Å². The fourth-order valence-corrected chi connectivity index (χ4v) is 2.76. The van der Waals surface area contributed by atoms with Crippen molar-refractivity contribution in [3.8, 4) is 0 Å². The van der Waals surface area contributed by atoms with Crippen molar-refractivity contribution in [2.45, 2.75) is 25.8 Å². The van der Waals surface area contributed by atoms with Gasteiger partial charge in [0.05, 0.1) is 0 Å². The smallest absolute Gasteiger partial charge is 0.320 e. The molecule has 0 unspecified atom stereocenters. The van der Waals surface area contributed by atoms with E-state index in [1.54, 1.807) is 14.2 Å². The molecule has 3 heteroatoms. The van der Waals surface area contributed by atoms with Crippen LogP contribution in [0.15, 0.2) is 24.3 Å². The summed E-state index contributed by atoms with van der Waals surface area (Å²) in [6.07, 6.45) is 2.28. The zero-order chi connectivity index (χ0) is 11.1. The van der Waals surface area contributed by atoms with Gasteiger partial charge in [-0.25, -0.2) is 0 Å². The topological polar surface area (TPSA) is 18.5 Å². The van der Waals surface area contributed by atoms with Gasteiger partial charge >= 0.3 is 9.28 Å². The zero-order valence-corrected chi connectivity index (χ0v) is 11.0. The molecule has 0 aliphatic heterocycles. The van der Waals surface area contributed by atoms with Crippen molar-refractivity contribution in [1.82, 2.24) is 0 Å². The second kappa shape index (κ2) is 6.77. The second-order valence-electron chi connectivity index (χ2n) is 3.78. The van der Waals surface area contributed by atoms with Crippen LogP contribution in [-0.4, -0.2) is 23.5 Å². The highest BCUT2D eigenvalue weighted by molar-refractivity contribution is 6.44. The number of aryl methyl sites for hydroxylation is 2. The van der Waals surface area contributed by atoms with Crippen LogP contribution in [0.3, 0.4) is 0 Å². The third kappa shape index (κ3) is 4.60. The number of hydrogen-bond donors (Lipinski definition) is 0. The number of hydrogen-bond acceptors (Lipinski definition) is 2. The highest BCUT2D eigenvalue weighted by atomic mass is 28.3. The second-order valence-corrected chi connectivity index (χ2v) is 6.16. The van der Waals surface area contributed by atoms with Crippen LogP contribution < -0.4 is 0 Å². The number of benzene rings is 1. The summed E-state index contributed by atoms with van der Waals surface area (Å²) in [5, 5.41) is 0. The van der Waals surface area contributed by atoms with E-state index < -0.39 is 9.28 Å². The van der Waals surface area contributed by atoms with Crippen LogP contribution in [0, 0.1) is 6.92 Å². The zero-order valence-electron chi connectivity index (χ0n) is 9.82. The first-order valence-electron chi connectivity index (χ1n) is 5.37. The largest absolute Gasteiger partial charge is 0.400 e. The molecule has 0 heterocycles. The standard InChI is InChI=1S/C12H20O2Si/c1-11-6-8-12(9-7-11)5-4-10-15(13-2)14-3/h6-9,15H,4-5,10H2,1-3H3. The summed E-state index contributed by atoms with van der Waals surface area (Å²) in [6, 6.07) is 9.81. The van der Waals surface area contributed by atoms with Crippen LogP contribution in [-0.2, 0) is 15.3 Å². The molecule has 0 aromatic heterocycles. The summed E-state index contributed by atoms with van der Waals surface area (Å²) in [4.78, 5) is 0. The van der Waals surface area contributed by atoms with Crippen molar-refractivity contribution < 1.29 is 8.85 Å². The van der Waals surface area contributed by atoms with E-state index in [1.165, 1.54) is 11.1 Å². The van der Waals surface area contributed by atoms with Gasteiger partial charge in [-0.2, -0.15) is 0 Å². The van der Waals surface area contributed by atoms with Crippen LogP contribution in [0.1, 0.15) is 17.5 Å². The van der Waals surface area contributed by atoms with E-state index in [2.05, 4.69) is 31.2 Å². The van der Waals surface area contributed by atoms with E-state index in [0.29, 0.717) is 0 Å². The summed E-state index contributed by atoms with van der Waals surface area (Å²) >= 11 is 0. The SMILES string of the molecule is CO[SiH](CCCc1ccc(C)cc1)OC. The molecule has 1 aromatic rings. The molecule has 15 heavy (non-hydrogen) atoms. The molecule has 0 bridgehead atoms. The van der Waals surface area contributed by atoms with Crippen molar-refractivity contribution in [3.05, 3.63) is 35.4 Å². The van der Waals surface area contributed by atoms with Gasteiger partial charge in [-0.05, 0) is 31.4 Å². The monoisotopic (exact) mass is 224 g/mol. The molecule has 2 nitrogen and oxygen atoms in total. The summed E-state index contributed by atoms with van der Waals surface area (Å²) < 4.78 is 10.5. The predicted octanol–water partition coefficient (Wildman–Crippen LogP) is 2.44. The van der Waals surface area contributed by atoms with Crippen LogP contribution in [0.5, 0.6) is 0 Å². The lowest BCUT2D eigenvalue weighted by Crippen LogP contribution is -2.18. The number of rotatable bonds is 6. The third-order valence-electron chi connectivity index (χ3n) is 2.55. The minimum Gasteiger partial charge on any atom is -0.400 e. The molecule has 0 atom stereocenters. The summed E-state index contributed by atoms with van der Waals surface area (Å²) in [5.41, 5.74) is 2.72. The molecule has 84 valence electrons. The highest BCUT2D eigenvalue weighted by Crippen LogP contribution is 2.09. The summed E-state index contributed by atoms with van der Waals surface area (Å²) in [6.45, 7) is 2.11. The van der Waals surface area contributed by atoms with Gasteiger partial charge in [0.25, 0.3) is 0 Å². The molecule has 1 rings (SSSR count). The highest BCUT2D eigenvalue weighted by Gasteiger charge is 2.08. The van der Waals surface area contributed by atoms with Crippen LogP contribution in [0.25, 0.3) is 0 Å². The molecule has 0 saturated heterocycles. The van der Waals surface area contributed by atoms with E-state index in [9.17, 15) is 0 Å². The third-order valence-corrected chi connectivity index (χ3v) is 4.48. The van der Waals surface area contributed by atoms with E-state index in [0.717, 1.165) is 18.9 Å². The minimum atomic E-state index is -1.34. The molecule has 0 radical (unpaired) electrons. The van der Waals surface area contributed by atoms with Crippen molar-refractivity contribution in [1.29, 1.82) is 0 Å². The summed E-state index contributed by atoms with van der Waals surface area (Å²) in [5.74, 6) is 0. The molecule has 0 amide bonds. The maximum Gasteiger partial charge on any atom is 0.320 e. The minimum absolute atomic E-state index is 1.08. The fraction of sp³-hybridized carbons (Fsp3) is 0.500. The Morgan fingerprint density at radius 2 is 1.67 bits per heavy atom. The average molecular weight is 224 g/mol. The van der Waals surface area contributed by atoms with Gasteiger partial charge in [-0.1, -0.05) is 29.8 Å². The molecule has 0 spiro atoms. The van der Waals surface area contributed by atoms with E-state index in [4.69, 9.17) is 8.85 Å². The normalized spacial score (nSPS) is 10.9. The lowest BCUT2D eigenvalue weighted by Gasteiger charge is -2.10. The molecule has 0 fully saturated rings. The maximum atomic E-state index is 5.27. The molecule has 0 saturated carbocycles. The van der Waals surface area contributed by atoms with E-state index >= 15 is 0 Å². The molecule has 0 N–H and O–H groups in total. The molecule has 1 aromatic carbocycles. The van der Waals surface area contributed by atoms with Crippen LogP contribution in [0.4, 0.5) is 0 Å². The average Bonchev–Trinajstić information content (AvgIpc) is 2.27. The Bertz CT molecular complexity index is 267. The lowest BCUT2D eigenvalue weighted by atomic mass is 10.1. The van der Waals surface area contributed by atoms with Crippen molar-refractivity contribution in [3.63, 3.8) is 0 Å². The van der Waals surface area contributed by atoms with Gasteiger partial charge < -0.3 is 8.85 Å². The van der Waals surface area contributed by atoms with Crippen molar-refractivity contribution in [2.75, 3.05) is 14.2 Å². The Balaban J connectivity index is 2.28. The van der Waals surface area contributed by atoms with Crippen molar-refractivity contribution >= 4 is 9.28 Å². The van der Waals surface area contributed by atoms with Gasteiger partial charge in [-0.15, -0.1) is 0 Å². The lowest BCUT2D eigenvalue weighted by molar-refractivity contribution is 0.276. The summed E-state index contributed by atoms with van der Waals surface area (Å²) in [7, 11) is 2.14. The first kappa shape index (κ1) is 12.4. The quantitative estimate of drug-likeness (QED) is 0.691. The molecular formula is C12H20O2Si.